The summed E-state index contributed by atoms with van der Waals surface area (Å²) in [6, 6.07) is 26.3. The SMILES string of the molecule is C.C.C.CC(C)P(=O)(N[C@@H](C)C(=O)CO)Oc1ccc(Cl)cc1.CC(C)P(=O)(N[C@@H](C)C(=O)CO)Oc1ccc(F)cc1.CC(C)P(=O)(N[C@@H](C)C(=O)CO)Oc1ccccc1Cl.CCOC(=O)[C@H](C)NP(=O)(Oc1ccc(Cl)cc1)C(C)C.CCOC(=O)[C@H](C)NP(=O)(Oc1ccc(F)cc1)C(C)C. The molecule has 0 aliphatic heterocycles. The lowest BCUT2D eigenvalue weighted by Crippen LogP contribution is -2.36. The number of ether oxygens (including phenoxy) is 2. The van der Waals surface area contributed by atoms with Crippen LogP contribution in [0.2, 0.25) is 15.1 Å². The predicted octanol–water partition coefficient (Wildman–Crippen LogP) is 17.2. The molecule has 0 aliphatic rings. The number of para-hydroxylation sites is 1. The van der Waals surface area contributed by atoms with Gasteiger partial charge in [0.2, 0.25) is 0 Å². The topological polar surface area (TPSA) is 356 Å². The van der Waals surface area contributed by atoms with Crippen molar-refractivity contribution in [1.29, 1.82) is 0 Å². The minimum atomic E-state index is -3.36. The van der Waals surface area contributed by atoms with Gasteiger partial charge in [-0.15, -0.1) is 0 Å². The van der Waals surface area contributed by atoms with Crippen molar-refractivity contribution in [3.8, 4) is 28.7 Å². The van der Waals surface area contributed by atoms with E-state index >= 15 is 0 Å². The Kier molecular flexibility index (Phi) is 49.8. The van der Waals surface area contributed by atoms with Crippen molar-refractivity contribution in [2.45, 2.75) is 198 Å². The maximum Gasteiger partial charge on any atom is 0.323 e. The first kappa shape index (κ1) is 104. The third-order valence-corrected chi connectivity index (χ3v) is 27.5. The van der Waals surface area contributed by atoms with Crippen LogP contribution in [0.4, 0.5) is 8.78 Å². The van der Waals surface area contributed by atoms with Gasteiger partial charge in [-0.1, -0.05) is 138 Å². The highest BCUT2D eigenvalue weighted by Gasteiger charge is 2.38. The van der Waals surface area contributed by atoms with Crippen molar-refractivity contribution in [3.05, 3.63) is 148 Å². The second-order valence-electron chi connectivity index (χ2n) is 23.8. The number of Topliss-reactive ketones (excluding diaryl/α,β-unsaturated/α-hetero) is 3. The van der Waals surface area contributed by atoms with Crippen LogP contribution in [0.15, 0.2) is 121 Å². The van der Waals surface area contributed by atoms with Gasteiger partial charge in [-0.05, 0) is 158 Å². The first-order chi connectivity index (χ1) is 47.4. The molecule has 5 aromatic rings. The van der Waals surface area contributed by atoms with E-state index in [1.807, 2.05) is 0 Å². The summed E-state index contributed by atoms with van der Waals surface area (Å²) in [4.78, 5) is 57.5. The normalized spacial score (nSPS) is 15.1. The van der Waals surface area contributed by atoms with Crippen molar-refractivity contribution < 1.29 is 103 Å². The number of carbonyl (C=O) groups is 5. The highest BCUT2D eigenvalue weighted by Crippen LogP contribution is 2.53. The molecule has 105 heavy (non-hydrogen) atoms. The Bertz CT molecular complexity index is 3480. The molecule has 0 heterocycles. The van der Waals surface area contributed by atoms with Gasteiger partial charge in [0.15, 0.2) is 17.3 Å². The third-order valence-electron chi connectivity index (χ3n) is 13.8. The minimum absolute atomic E-state index is 0. The number of hydrogen-bond acceptors (Lipinski definition) is 20. The lowest BCUT2D eigenvalue weighted by atomic mass is 10.2. The van der Waals surface area contributed by atoms with Crippen molar-refractivity contribution in [2.24, 2.45) is 0 Å². The van der Waals surface area contributed by atoms with E-state index in [9.17, 15) is 55.6 Å². The first-order valence-corrected chi connectivity index (χ1v) is 41.9. The number of esters is 2. The molecule has 10 atom stereocenters. The number of aliphatic hydroxyl groups excluding tert-OH is 3. The van der Waals surface area contributed by atoms with Crippen LogP contribution in [0.25, 0.3) is 0 Å². The summed E-state index contributed by atoms with van der Waals surface area (Å²) in [6.45, 7) is 27.1. The lowest BCUT2D eigenvalue weighted by Gasteiger charge is -2.26. The lowest BCUT2D eigenvalue weighted by molar-refractivity contribution is -0.145. The molecule has 35 heteroatoms. The standard InChI is InChI=1S/C14H21ClNO4P.C14H21FNO4P.2C13H19ClNO4P.C13H19FNO4P.3CH4/c2*1-5-19-14(17)11(4)16-21(18,10(2)3)20-13-8-6-12(15)7-9-13;1-9(2)20(18,15-10(3)13(17)8-16)19-12-6-4-11(14)5-7-12;1-9(2)20(18,15-10(3)12(17)8-16)19-13-7-5-4-6-11(13)14;1-9(2)20(18,15-10(3)13(17)8-16)19-12-6-4-11(14)5-7-12;;;/h2*6-11H,5H2,1-4H3,(H,16,18);3*4-7,9-10,16H,8H2,1-3H3,(H,15,18);3*1H4/t2*11-,21?;3*10-,20?;;;/m00000.../s1. The summed E-state index contributed by atoms with van der Waals surface area (Å²) in [5, 5.41) is 41.4. The van der Waals surface area contributed by atoms with Gasteiger partial charge in [-0.2, -0.15) is 0 Å². The third kappa shape index (κ3) is 37.1. The molecule has 5 aromatic carbocycles. The van der Waals surface area contributed by atoms with Crippen LogP contribution in [0, 0.1) is 11.6 Å². The maximum absolute atomic E-state index is 12.9. The Morgan fingerprint density at radius 2 is 0.581 bits per heavy atom. The van der Waals surface area contributed by atoms with Crippen LogP contribution < -0.4 is 48.1 Å². The molecule has 0 saturated heterocycles. The average molecular weight is 1640 g/mol. The van der Waals surface area contributed by atoms with Crippen molar-refractivity contribution >= 4 is 102 Å². The van der Waals surface area contributed by atoms with Crippen LogP contribution in [0.5, 0.6) is 28.7 Å². The Morgan fingerprint density at radius 3 is 0.800 bits per heavy atom. The van der Waals surface area contributed by atoms with E-state index in [0.717, 1.165) is 0 Å². The van der Waals surface area contributed by atoms with E-state index < -0.39 is 129 Å². The largest absolute Gasteiger partial charge is 0.465 e. The van der Waals surface area contributed by atoms with Crippen molar-refractivity contribution in [3.63, 3.8) is 0 Å². The molecule has 0 aliphatic carbocycles. The van der Waals surface area contributed by atoms with Crippen LogP contribution in [0.3, 0.4) is 0 Å². The fraction of sp³-hybridized carbons (Fsp3) is 0.500. The summed E-state index contributed by atoms with van der Waals surface area (Å²) >= 11 is 17.6. The molecule has 0 spiro atoms. The van der Waals surface area contributed by atoms with Crippen LogP contribution >= 0.6 is 72.4 Å². The number of hydrogen-bond donors (Lipinski definition) is 8. The molecule has 25 nitrogen and oxygen atoms in total. The number of rotatable bonds is 35. The molecular weight excluding hydrogens is 1530 g/mol. The van der Waals surface area contributed by atoms with E-state index in [1.165, 1.54) is 62.4 Å². The number of nitrogens with one attached hydrogen (secondary N) is 5. The van der Waals surface area contributed by atoms with Crippen LogP contribution in [-0.2, 0) is 56.3 Å². The smallest absolute Gasteiger partial charge is 0.323 e. The van der Waals surface area contributed by atoms with Crippen LogP contribution in [-0.4, -0.2) is 136 Å². The molecule has 5 unspecified atom stereocenters. The summed E-state index contributed by atoms with van der Waals surface area (Å²) in [5.74, 6) is -1.50. The molecule has 0 fully saturated rings. The molecule has 8 N–H and O–H groups in total. The Morgan fingerprint density at radius 1 is 0.362 bits per heavy atom. The fourth-order valence-electron chi connectivity index (χ4n) is 7.29. The van der Waals surface area contributed by atoms with Gasteiger partial charge >= 0.3 is 49.5 Å². The molecular formula is C70H111Cl3F2N5O20P5. The highest BCUT2D eigenvalue weighted by molar-refractivity contribution is 7.59. The van der Waals surface area contributed by atoms with Gasteiger partial charge < -0.3 is 47.4 Å². The second kappa shape index (κ2) is 50.3. The molecule has 0 saturated carbocycles. The number of halogens is 5. The second-order valence-corrected chi connectivity index (χ2v) is 38.4. The summed E-state index contributed by atoms with van der Waals surface area (Å²) in [5.41, 5.74) is -1.73. The van der Waals surface area contributed by atoms with Gasteiger partial charge in [0.05, 0.1) is 64.7 Å². The molecule has 0 radical (unpaired) electrons. The van der Waals surface area contributed by atoms with E-state index in [-0.39, 0.29) is 75.3 Å². The monoisotopic (exact) mass is 1640 g/mol. The first-order valence-electron chi connectivity index (χ1n) is 32.3. The quantitative estimate of drug-likeness (QED) is 0.0138. The highest BCUT2D eigenvalue weighted by atomic mass is 35.5. The van der Waals surface area contributed by atoms with Crippen LogP contribution in [0.1, 0.15) is 140 Å². The number of ketones is 3. The van der Waals surface area contributed by atoms with Gasteiger partial charge in [0, 0.05) is 10.0 Å². The summed E-state index contributed by atoms with van der Waals surface area (Å²) in [6.07, 6.45) is 0. The zero-order valence-corrected chi connectivity index (χ0v) is 67.0. The average Bonchev–Trinajstić information content (AvgIpc) is 0.859. The van der Waals surface area contributed by atoms with E-state index in [1.54, 1.807) is 177 Å². The van der Waals surface area contributed by atoms with Gasteiger partial charge in [-0.3, -0.25) is 46.8 Å². The number of aliphatic hydroxyl groups is 3. The Labute approximate surface area is 634 Å². The Balaban J connectivity index is -0.00000123. The van der Waals surface area contributed by atoms with Gasteiger partial charge in [0.25, 0.3) is 0 Å². The molecule has 596 valence electrons. The number of benzene rings is 5. The van der Waals surface area contributed by atoms with Crippen molar-refractivity contribution in [2.75, 3.05) is 33.0 Å². The maximum atomic E-state index is 12.9. The van der Waals surface area contributed by atoms with E-state index in [2.05, 4.69) is 25.4 Å². The molecule has 0 aromatic heterocycles. The zero-order valence-electron chi connectivity index (χ0n) is 60.3. The zero-order chi connectivity index (χ0) is 78.1. The minimum Gasteiger partial charge on any atom is -0.465 e. The van der Waals surface area contributed by atoms with Gasteiger partial charge in [-0.25, -0.2) is 34.2 Å². The fourth-order valence-corrected chi connectivity index (χ4v) is 16.1. The van der Waals surface area contributed by atoms with Gasteiger partial charge in [0.1, 0.15) is 72.3 Å². The predicted molar refractivity (Wildman–Crippen MR) is 417 cm³/mol. The van der Waals surface area contributed by atoms with Crippen molar-refractivity contribution in [1.82, 2.24) is 25.4 Å². The molecule has 5 rings (SSSR count). The summed E-state index contributed by atoms with van der Waals surface area (Å²) < 4.78 is 127. The van der Waals surface area contributed by atoms with E-state index in [4.69, 9.17) is 82.2 Å². The molecule has 0 bridgehead atoms. The summed E-state index contributed by atoms with van der Waals surface area (Å²) in [7, 11) is -16.6. The molecule has 0 amide bonds. The van der Waals surface area contributed by atoms with E-state index in [0.29, 0.717) is 32.3 Å². The Hall–Kier alpha value is -5.39. The number of carbonyl (C=O) groups excluding carboxylic acids is 5.